The fourth-order valence-corrected chi connectivity index (χ4v) is 7.07. The smallest absolute Gasteiger partial charge is 0.320 e. The number of rotatable bonds is 11. The van der Waals surface area contributed by atoms with E-state index in [0.29, 0.717) is 53.7 Å². The van der Waals surface area contributed by atoms with Crippen molar-refractivity contribution in [2.45, 2.75) is 50.9 Å². The van der Waals surface area contributed by atoms with Crippen molar-refractivity contribution in [2.75, 3.05) is 19.7 Å². The van der Waals surface area contributed by atoms with Crippen molar-refractivity contribution < 1.29 is 24.2 Å². The number of amides is 1. The number of carboxylic acids is 1. The number of nitrogens with one attached hydrogen (secondary N) is 2. The van der Waals surface area contributed by atoms with Crippen LogP contribution in [0.1, 0.15) is 59.3 Å². The number of aliphatic carboxylic acids is 1. The van der Waals surface area contributed by atoms with Crippen molar-refractivity contribution >= 4 is 51.8 Å². The number of aliphatic hydroxyl groups is 1. The summed E-state index contributed by atoms with van der Waals surface area (Å²) < 4.78 is 6.42. The van der Waals surface area contributed by atoms with E-state index in [1.807, 2.05) is 66.4 Å². The van der Waals surface area contributed by atoms with E-state index < -0.39 is 29.4 Å². The van der Waals surface area contributed by atoms with Crippen LogP contribution in [0, 0.1) is 5.92 Å². The van der Waals surface area contributed by atoms with Gasteiger partial charge in [0.05, 0.1) is 11.6 Å². The molecule has 2 unspecified atom stereocenters. The fraction of sp³-hybridized carbons (Fsp3) is 0.333. The van der Waals surface area contributed by atoms with Crippen LogP contribution in [-0.4, -0.2) is 62.7 Å². The number of allylic oxidation sites excluding steroid dienone is 2. The van der Waals surface area contributed by atoms with E-state index in [4.69, 9.17) is 37.7 Å². The van der Waals surface area contributed by atoms with E-state index in [1.165, 1.54) is 0 Å². The van der Waals surface area contributed by atoms with Crippen LogP contribution in [0.4, 0.5) is 0 Å². The molecule has 3 heterocycles. The maximum absolute atomic E-state index is 13.9. The number of piperidine rings is 1. The van der Waals surface area contributed by atoms with Crippen LogP contribution in [0.5, 0.6) is 0 Å². The van der Waals surface area contributed by atoms with E-state index in [9.17, 15) is 14.7 Å². The molecule has 2 aromatic carbocycles. The third-order valence-corrected chi connectivity index (χ3v) is 9.72. The predicted octanol–water partition coefficient (Wildman–Crippen LogP) is 5.97. The number of carbonyl (C=O) groups is 2. The minimum absolute atomic E-state index is 0.0261. The highest BCUT2D eigenvalue weighted by atomic mass is 35.5. The average molecular weight is 691 g/mol. The summed E-state index contributed by atoms with van der Waals surface area (Å²) in [6.07, 6.45) is 9.71. The number of aromatic nitrogens is 2. The summed E-state index contributed by atoms with van der Waals surface area (Å²) in [5, 5.41) is 26.0. The molecule has 12 heteroatoms. The van der Waals surface area contributed by atoms with E-state index in [1.54, 1.807) is 18.3 Å². The van der Waals surface area contributed by atoms with Gasteiger partial charge in [-0.15, -0.1) is 0 Å². The molecule has 2 aromatic heterocycles. The highest BCUT2D eigenvalue weighted by Crippen LogP contribution is 2.45. The molecule has 48 heavy (non-hydrogen) atoms. The summed E-state index contributed by atoms with van der Waals surface area (Å²) in [6.45, 7) is 4.05. The van der Waals surface area contributed by atoms with Gasteiger partial charge in [0, 0.05) is 36.8 Å². The van der Waals surface area contributed by atoms with Crippen LogP contribution in [0.3, 0.4) is 0 Å². The molecule has 10 nitrogen and oxygen atoms in total. The van der Waals surface area contributed by atoms with Gasteiger partial charge in [0.1, 0.15) is 22.8 Å². The summed E-state index contributed by atoms with van der Waals surface area (Å²) in [7, 11) is 0. The normalized spacial score (nSPS) is 21.3. The second-order valence-corrected chi connectivity index (χ2v) is 13.0. The first-order valence-electron chi connectivity index (χ1n) is 16.0. The Morgan fingerprint density at radius 1 is 1.10 bits per heavy atom. The van der Waals surface area contributed by atoms with Gasteiger partial charge in [0.2, 0.25) is 5.89 Å². The zero-order valence-electron chi connectivity index (χ0n) is 26.5. The SMILES string of the molecule is CC1C(c2ccccc2Cl)=CC=CC1(NC(=O)c1ccc(CNCCO)cn1)c1nc2cc(CN3CCCC[C@H]3C(=O)O)cc(Cl)c2o1. The van der Waals surface area contributed by atoms with Crippen molar-refractivity contribution in [3.63, 3.8) is 0 Å². The zero-order valence-corrected chi connectivity index (χ0v) is 28.0. The lowest BCUT2D eigenvalue weighted by atomic mass is 9.74. The molecule has 1 aliphatic carbocycles. The number of hydrogen-bond donors (Lipinski definition) is 4. The highest BCUT2D eigenvalue weighted by Gasteiger charge is 2.46. The van der Waals surface area contributed by atoms with Gasteiger partial charge >= 0.3 is 5.97 Å². The Labute approximate surface area is 288 Å². The maximum atomic E-state index is 13.9. The quantitative estimate of drug-likeness (QED) is 0.140. The molecule has 0 radical (unpaired) electrons. The molecule has 1 amide bonds. The van der Waals surface area contributed by atoms with Crippen molar-refractivity contribution in [1.82, 2.24) is 25.5 Å². The monoisotopic (exact) mass is 689 g/mol. The Kier molecular flexibility index (Phi) is 10.3. The van der Waals surface area contributed by atoms with Crippen LogP contribution in [0.15, 0.2) is 77.4 Å². The number of benzene rings is 2. The first-order valence-corrected chi connectivity index (χ1v) is 16.8. The summed E-state index contributed by atoms with van der Waals surface area (Å²) in [5.41, 5.74) is 3.20. The lowest BCUT2D eigenvalue weighted by Gasteiger charge is -2.38. The molecule has 0 spiro atoms. The van der Waals surface area contributed by atoms with Gasteiger partial charge in [-0.3, -0.25) is 19.5 Å². The minimum atomic E-state index is -1.26. The minimum Gasteiger partial charge on any atom is -0.480 e. The van der Waals surface area contributed by atoms with Crippen LogP contribution in [0.2, 0.25) is 10.0 Å². The van der Waals surface area contributed by atoms with Crippen LogP contribution in [-0.2, 0) is 23.4 Å². The topological polar surface area (TPSA) is 141 Å². The largest absolute Gasteiger partial charge is 0.480 e. The Hall–Kier alpha value is -4.06. The number of nitrogens with zero attached hydrogens (tertiary/aromatic N) is 3. The van der Waals surface area contributed by atoms with Gasteiger partial charge in [0.25, 0.3) is 5.91 Å². The van der Waals surface area contributed by atoms with E-state index in [2.05, 4.69) is 15.6 Å². The van der Waals surface area contributed by atoms with E-state index in [-0.39, 0.29) is 18.2 Å². The van der Waals surface area contributed by atoms with Gasteiger partial charge in [-0.1, -0.05) is 73.0 Å². The third kappa shape index (κ3) is 6.90. The molecule has 4 aromatic rings. The standard InChI is InChI=1S/C36H37Cl2N5O5/c1-22-25(26-7-2-3-9-27(26)37)8-6-13-36(22,42-33(45)29-12-11-23(20-40-29)19-39-14-16-44)35-41-30-18-24(17-28(38)32(30)48-35)21-43-15-5-4-10-31(43)34(46)47/h2-3,6-9,11-13,17-18,20,22,31,39,44H,4-5,10,14-16,19,21H2,1H3,(H,42,45)(H,46,47)/t22?,31-,36?/m0/s1. The van der Waals surface area contributed by atoms with Crippen LogP contribution < -0.4 is 10.6 Å². The predicted molar refractivity (Wildman–Crippen MR) is 185 cm³/mol. The second kappa shape index (κ2) is 14.6. The molecule has 0 saturated carbocycles. The van der Waals surface area contributed by atoms with E-state index >= 15 is 0 Å². The molecule has 4 N–H and O–H groups in total. The Bertz CT molecular complexity index is 1870. The van der Waals surface area contributed by atoms with Crippen LogP contribution in [0.25, 0.3) is 16.7 Å². The number of pyridine rings is 1. The number of aliphatic hydroxyl groups excluding tert-OH is 1. The first-order chi connectivity index (χ1) is 23.2. The Balaban J connectivity index is 1.37. The molecule has 0 bridgehead atoms. The molecule has 1 aliphatic heterocycles. The fourth-order valence-electron chi connectivity index (χ4n) is 6.55. The molecule has 1 fully saturated rings. The molecule has 2 aliphatic rings. The Morgan fingerprint density at radius 2 is 1.94 bits per heavy atom. The number of hydrogen-bond acceptors (Lipinski definition) is 8. The number of halogens is 2. The van der Waals surface area contributed by atoms with Crippen LogP contribution >= 0.6 is 23.2 Å². The molecule has 1 saturated heterocycles. The Morgan fingerprint density at radius 3 is 2.69 bits per heavy atom. The van der Waals surface area contributed by atoms with E-state index in [0.717, 1.165) is 35.1 Å². The van der Waals surface area contributed by atoms with Gasteiger partial charge < -0.3 is 25.3 Å². The second-order valence-electron chi connectivity index (χ2n) is 12.2. The highest BCUT2D eigenvalue weighted by molar-refractivity contribution is 6.34. The summed E-state index contributed by atoms with van der Waals surface area (Å²) in [5.74, 6) is -1.42. The van der Waals surface area contributed by atoms with Crippen molar-refractivity contribution in [3.8, 4) is 0 Å². The zero-order chi connectivity index (χ0) is 33.8. The maximum Gasteiger partial charge on any atom is 0.320 e. The van der Waals surface area contributed by atoms with Crippen molar-refractivity contribution in [3.05, 3.63) is 111 Å². The number of likely N-dealkylation sites (tertiary alicyclic amines) is 1. The average Bonchev–Trinajstić information content (AvgIpc) is 3.52. The van der Waals surface area contributed by atoms with Gasteiger partial charge in [-0.05, 0) is 72.0 Å². The van der Waals surface area contributed by atoms with Crippen molar-refractivity contribution in [1.29, 1.82) is 0 Å². The number of oxazole rings is 1. The lowest BCUT2D eigenvalue weighted by Crippen LogP contribution is -2.50. The molecule has 250 valence electrons. The summed E-state index contributed by atoms with van der Waals surface area (Å²) >= 11 is 13.4. The molecule has 6 rings (SSSR count). The number of fused-ring (bicyclic) bond motifs is 1. The number of carboxylic acid groups (broad SMARTS) is 1. The first kappa shape index (κ1) is 33.8. The van der Waals surface area contributed by atoms with Gasteiger partial charge in [0.15, 0.2) is 5.58 Å². The molecular weight excluding hydrogens is 653 g/mol. The summed E-state index contributed by atoms with van der Waals surface area (Å²) in [6, 6.07) is 14.1. The van der Waals surface area contributed by atoms with Gasteiger partial charge in [-0.2, -0.15) is 0 Å². The third-order valence-electron chi connectivity index (χ3n) is 9.11. The number of carbonyl (C=O) groups excluding carboxylic acids is 1. The summed E-state index contributed by atoms with van der Waals surface area (Å²) in [4.78, 5) is 37.1. The lowest BCUT2D eigenvalue weighted by molar-refractivity contribution is -0.144. The van der Waals surface area contributed by atoms with Gasteiger partial charge in [-0.25, -0.2) is 4.98 Å². The van der Waals surface area contributed by atoms with Crippen molar-refractivity contribution in [2.24, 2.45) is 5.92 Å². The molecule has 3 atom stereocenters. The molecular formula is C36H37Cl2N5O5.